The fourth-order valence-corrected chi connectivity index (χ4v) is 2.29. The molecule has 1 rings (SSSR count). The van der Waals surface area contributed by atoms with E-state index in [4.69, 9.17) is 5.73 Å². The van der Waals surface area contributed by atoms with Crippen LogP contribution in [0, 0.1) is 0 Å². The molecule has 0 aliphatic heterocycles. The van der Waals surface area contributed by atoms with Gasteiger partial charge in [-0.1, -0.05) is 30.3 Å². The van der Waals surface area contributed by atoms with E-state index >= 15 is 0 Å². The first-order valence-electron chi connectivity index (χ1n) is 8.84. The monoisotopic (exact) mass is 410 g/mol. The Morgan fingerprint density at radius 3 is 1.72 bits per heavy atom. The zero-order chi connectivity index (χ0) is 22.0. The van der Waals surface area contributed by atoms with Crippen LogP contribution in [-0.4, -0.2) is 76.4 Å². The summed E-state index contributed by atoms with van der Waals surface area (Å²) in [5, 5.41) is 34.6. The summed E-state index contributed by atoms with van der Waals surface area (Å²) < 4.78 is 0. The summed E-state index contributed by atoms with van der Waals surface area (Å²) in [6.45, 7) is -0.213. The lowest BCUT2D eigenvalue weighted by atomic mass is 10.1. The highest BCUT2D eigenvalue weighted by Crippen LogP contribution is 2.04. The van der Waals surface area contributed by atoms with Gasteiger partial charge in [-0.3, -0.25) is 14.4 Å². The van der Waals surface area contributed by atoms with E-state index in [2.05, 4.69) is 16.0 Å². The van der Waals surface area contributed by atoms with Crippen molar-refractivity contribution in [1.29, 1.82) is 0 Å². The highest BCUT2D eigenvalue weighted by molar-refractivity contribution is 5.94. The molecule has 11 heteroatoms. The molecule has 1 aromatic rings. The number of aliphatic hydroxyl groups excluding tert-OH is 2. The molecule has 0 spiro atoms. The minimum absolute atomic E-state index is 0.00226. The molecule has 29 heavy (non-hydrogen) atoms. The van der Waals surface area contributed by atoms with Gasteiger partial charge in [-0.2, -0.15) is 0 Å². The number of hydrogen-bond donors (Lipinski definition) is 7. The molecule has 0 bridgehead atoms. The van der Waals surface area contributed by atoms with Crippen molar-refractivity contribution in [3.05, 3.63) is 35.9 Å². The molecular weight excluding hydrogens is 384 g/mol. The number of aliphatic hydroxyl groups is 2. The molecule has 1 aromatic carbocycles. The smallest absolute Gasteiger partial charge is 0.326 e. The molecule has 0 aliphatic rings. The minimum atomic E-state index is -1.48. The van der Waals surface area contributed by atoms with Gasteiger partial charge in [0.05, 0.1) is 19.3 Å². The molecule has 4 unspecified atom stereocenters. The summed E-state index contributed by atoms with van der Waals surface area (Å²) >= 11 is 0. The van der Waals surface area contributed by atoms with Crippen LogP contribution in [0.15, 0.2) is 30.3 Å². The molecule has 160 valence electrons. The Hall–Kier alpha value is -3.02. The molecule has 0 fully saturated rings. The van der Waals surface area contributed by atoms with Crippen LogP contribution in [0.2, 0.25) is 0 Å². The first kappa shape index (κ1) is 24.0. The highest BCUT2D eigenvalue weighted by atomic mass is 16.4. The number of aliphatic carboxylic acids is 1. The summed E-state index contributed by atoms with van der Waals surface area (Å²) in [5.74, 6) is -3.86. The van der Waals surface area contributed by atoms with E-state index in [1.165, 1.54) is 6.92 Å². The van der Waals surface area contributed by atoms with Gasteiger partial charge in [0.15, 0.2) is 0 Å². The predicted octanol–water partition coefficient (Wildman–Crippen LogP) is -2.90. The summed E-state index contributed by atoms with van der Waals surface area (Å²) in [5.41, 5.74) is 6.05. The number of nitrogens with two attached hydrogens (primary N) is 1. The molecule has 8 N–H and O–H groups in total. The molecular formula is C18H26N4O7. The average molecular weight is 410 g/mol. The van der Waals surface area contributed by atoms with E-state index in [9.17, 15) is 34.5 Å². The van der Waals surface area contributed by atoms with E-state index in [0.717, 1.165) is 0 Å². The van der Waals surface area contributed by atoms with Gasteiger partial charge in [-0.05, 0) is 12.5 Å². The Morgan fingerprint density at radius 2 is 1.31 bits per heavy atom. The summed E-state index contributed by atoms with van der Waals surface area (Å²) in [4.78, 5) is 47.6. The van der Waals surface area contributed by atoms with E-state index in [-0.39, 0.29) is 6.42 Å². The lowest BCUT2D eigenvalue weighted by Crippen LogP contribution is -2.58. The molecule has 0 aromatic heterocycles. The minimum Gasteiger partial charge on any atom is -0.480 e. The van der Waals surface area contributed by atoms with Gasteiger partial charge >= 0.3 is 5.97 Å². The lowest BCUT2D eigenvalue weighted by molar-refractivity contribution is -0.142. The van der Waals surface area contributed by atoms with Crippen LogP contribution in [0.25, 0.3) is 0 Å². The van der Waals surface area contributed by atoms with Crippen LogP contribution in [0.3, 0.4) is 0 Å². The van der Waals surface area contributed by atoms with Crippen LogP contribution in [0.1, 0.15) is 12.5 Å². The van der Waals surface area contributed by atoms with Crippen molar-refractivity contribution in [3.8, 4) is 0 Å². The van der Waals surface area contributed by atoms with Crippen molar-refractivity contribution in [1.82, 2.24) is 16.0 Å². The number of carbonyl (C=O) groups is 4. The fourth-order valence-electron chi connectivity index (χ4n) is 2.29. The molecule has 0 radical (unpaired) electrons. The number of amides is 3. The predicted molar refractivity (Wildman–Crippen MR) is 101 cm³/mol. The van der Waals surface area contributed by atoms with Crippen LogP contribution in [0.5, 0.6) is 0 Å². The first-order chi connectivity index (χ1) is 13.7. The van der Waals surface area contributed by atoms with E-state index in [0.29, 0.717) is 5.56 Å². The van der Waals surface area contributed by atoms with Gasteiger partial charge in [0, 0.05) is 6.42 Å². The Kier molecular flexibility index (Phi) is 9.72. The normalized spacial score (nSPS) is 14.8. The number of carboxylic acid groups (broad SMARTS) is 1. The summed E-state index contributed by atoms with van der Waals surface area (Å²) in [6.07, 6.45) is -0.00226. The third-order valence-corrected chi connectivity index (χ3v) is 3.94. The molecule has 0 saturated carbocycles. The van der Waals surface area contributed by atoms with Gasteiger partial charge in [-0.15, -0.1) is 0 Å². The second kappa shape index (κ2) is 11.7. The van der Waals surface area contributed by atoms with Crippen LogP contribution < -0.4 is 21.7 Å². The lowest BCUT2D eigenvalue weighted by Gasteiger charge is -2.23. The highest BCUT2D eigenvalue weighted by Gasteiger charge is 2.29. The zero-order valence-electron chi connectivity index (χ0n) is 15.9. The molecule has 0 saturated heterocycles. The molecule has 0 aliphatic carbocycles. The first-order valence-corrected chi connectivity index (χ1v) is 8.84. The molecule has 3 amide bonds. The van der Waals surface area contributed by atoms with Gasteiger partial charge < -0.3 is 37.0 Å². The maximum atomic E-state index is 12.3. The average Bonchev–Trinajstić information content (AvgIpc) is 2.69. The SMILES string of the molecule is CC(N)C(=O)NC(CO)C(=O)NC(CO)C(=O)NC(Cc1ccccc1)C(=O)O. The van der Waals surface area contributed by atoms with Crippen LogP contribution in [0.4, 0.5) is 0 Å². The van der Waals surface area contributed by atoms with Gasteiger partial charge in [0.25, 0.3) is 0 Å². The van der Waals surface area contributed by atoms with Crippen LogP contribution >= 0.6 is 0 Å². The van der Waals surface area contributed by atoms with Gasteiger partial charge in [0.2, 0.25) is 17.7 Å². The Morgan fingerprint density at radius 1 is 0.862 bits per heavy atom. The van der Waals surface area contributed by atoms with Crippen molar-refractivity contribution in [2.45, 2.75) is 37.5 Å². The van der Waals surface area contributed by atoms with E-state index in [1.807, 2.05) is 0 Å². The van der Waals surface area contributed by atoms with Crippen molar-refractivity contribution in [2.24, 2.45) is 5.73 Å². The number of carboxylic acids is 1. The van der Waals surface area contributed by atoms with Gasteiger partial charge in [-0.25, -0.2) is 4.79 Å². The second-order valence-corrected chi connectivity index (χ2v) is 6.37. The third-order valence-electron chi connectivity index (χ3n) is 3.94. The van der Waals surface area contributed by atoms with Crippen molar-refractivity contribution >= 4 is 23.7 Å². The summed E-state index contributed by atoms with van der Waals surface area (Å²) in [6, 6.07) is 3.50. The second-order valence-electron chi connectivity index (χ2n) is 6.37. The number of nitrogens with one attached hydrogen (secondary N) is 3. The topological polar surface area (TPSA) is 191 Å². The fraction of sp³-hybridized carbons (Fsp3) is 0.444. The van der Waals surface area contributed by atoms with Gasteiger partial charge in [0.1, 0.15) is 18.1 Å². The third kappa shape index (κ3) is 7.86. The Balaban J connectivity index is 2.76. The standard InChI is InChI=1S/C18H26N4O7/c1-10(19)15(25)21-13(8-23)17(27)22-14(9-24)16(26)20-12(18(28)29)7-11-5-3-2-4-6-11/h2-6,10,12-14,23-24H,7-9,19H2,1H3,(H,20,26)(H,21,25)(H,22,27)(H,28,29). The Labute approximate surface area is 167 Å². The molecule has 11 nitrogen and oxygen atoms in total. The van der Waals surface area contributed by atoms with Crippen molar-refractivity contribution in [2.75, 3.05) is 13.2 Å². The number of hydrogen-bond acceptors (Lipinski definition) is 7. The molecule has 0 heterocycles. The number of carbonyl (C=O) groups excluding carboxylic acids is 3. The maximum Gasteiger partial charge on any atom is 0.326 e. The Bertz CT molecular complexity index is 711. The molecule has 4 atom stereocenters. The van der Waals surface area contributed by atoms with E-state index in [1.54, 1.807) is 30.3 Å². The zero-order valence-corrected chi connectivity index (χ0v) is 15.9. The quantitative estimate of drug-likeness (QED) is 0.202. The van der Waals surface area contributed by atoms with Crippen LogP contribution in [-0.2, 0) is 25.6 Å². The number of rotatable bonds is 11. The van der Waals surface area contributed by atoms with Crippen molar-refractivity contribution < 1.29 is 34.5 Å². The van der Waals surface area contributed by atoms with Crippen molar-refractivity contribution in [3.63, 3.8) is 0 Å². The van der Waals surface area contributed by atoms with E-state index < -0.39 is 61.1 Å². The largest absolute Gasteiger partial charge is 0.480 e. The summed E-state index contributed by atoms with van der Waals surface area (Å²) in [7, 11) is 0. The number of benzene rings is 1. The maximum absolute atomic E-state index is 12.3.